The standard InChI is InChI=1S/C17H13NO3/c19-17(20)13-8-14(18-21)12-7-3-6-11-9-4-1-2-5-10(9)16(13)15(11)12/h1-7,13,16,21H,8H2,(H,19,20)/b18-14-. The molecule has 0 saturated carbocycles. The molecular weight excluding hydrogens is 266 g/mol. The van der Waals surface area contributed by atoms with Gasteiger partial charge in [-0.2, -0.15) is 0 Å². The monoisotopic (exact) mass is 279 g/mol. The molecule has 104 valence electrons. The number of benzene rings is 2. The number of nitrogens with zero attached hydrogens (tertiary/aromatic N) is 1. The van der Waals surface area contributed by atoms with Gasteiger partial charge in [-0.3, -0.25) is 4.79 Å². The van der Waals surface area contributed by atoms with Crippen LogP contribution in [0, 0.1) is 5.92 Å². The summed E-state index contributed by atoms with van der Waals surface area (Å²) in [6.45, 7) is 0. The Balaban J connectivity index is 2.07. The fourth-order valence-corrected chi connectivity index (χ4v) is 3.73. The van der Waals surface area contributed by atoms with E-state index in [0.29, 0.717) is 5.71 Å². The van der Waals surface area contributed by atoms with Crippen molar-refractivity contribution in [2.24, 2.45) is 11.1 Å². The molecule has 0 bridgehead atoms. The van der Waals surface area contributed by atoms with E-state index in [1.165, 1.54) is 0 Å². The lowest BCUT2D eigenvalue weighted by Crippen LogP contribution is -2.30. The van der Waals surface area contributed by atoms with E-state index in [9.17, 15) is 15.1 Å². The van der Waals surface area contributed by atoms with Gasteiger partial charge in [0.2, 0.25) is 0 Å². The van der Waals surface area contributed by atoms with E-state index < -0.39 is 11.9 Å². The van der Waals surface area contributed by atoms with Crippen LogP contribution < -0.4 is 0 Å². The van der Waals surface area contributed by atoms with Crippen molar-refractivity contribution in [1.82, 2.24) is 0 Å². The Labute approximate surface area is 121 Å². The van der Waals surface area contributed by atoms with Crippen molar-refractivity contribution in [2.75, 3.05) is 0 Å². The van der Waals surface area contributed by atoms with Crippen LogP contribution in [0.5, 0.6) is 0 Å². The zero-order valence-corrected chi connectivity index (χ0v) is 11.2. The lowest BCUT2D eigenvalue weighted by Gasteiger charge is -2.29. The first-order valence-electron chi connectivity index (χ1n) is 6.88. The molecule has 0 aliphatic heterocycles. The van der Waals surface area contributed by atoms with Gasteiger partial charge < -0.3 is 10.3 Å². The molecule has 4 heteroatoms. The van der Waals surface area contributed by atoms with E-state index in [2.05, 4.69) is 5.16 Å². The maximum absolute atomic E-state index is 11.7. The van der Waals surface area contributed by atoms with Gasteiger partial charge in [-0.15, -0.1) is 0 Å². The maximum atomic E-state index is 11.7. The van der Waals surface area contributed by atoms with Gasteiger partial charge in [-0.25, -0.2) is 0 Å². The van der Waals surface area contributed by atoms with E-state index >= 15 is 0 Å². The van der Waals surface area contributed by atoms with Crippen LogP contribution >= 0.6 is 0 Å². The Morgan fingerprint density at radius 2 is 1.76 bits per heavy atom. The molecule has 2 N–H and O–H groups in total. The Kier molecular flexibility index (Phi) is 2.42. The molecule has 0 fully saturated rings. The molecule has 2 atom stereocenters. The van der Waals surface area contributed by atoms with E-state index in [-0.39, 0.29) is 12.3 Å². The van der Waals surface area contributed by atoms with Crippen molar-refractivity contribution in [3.63, 3.8) is 0 Å². The predicted octanol–water partition coefficient (Wildman–Crippen LogP) is 3.08. The summed E-state index contributed by atoms with van der Waals surface area (Å²) in [5.41, 5.74) is 5.52. The fourth-order valence-electron chi connectivity index (χ4n) is 3.73. The number of hydrogen-bond donors (Lipinski definition) is 2. The van der Waals surface area contributed by atoms with E-state index in [1.807, 2.05) is 42.5 Å². The van der Waals surface area contributed by atoms with Gasteiger partial charge in [0.05, 0.1) is 11.6 Å². The highest BCUT2D eigenvalue weighted by atomic mass is 16.4. The van der Waals surface area contributed by atoms with Gasteiger partial charge in [-0.1, -0.05) is 47.6 Å². The lowest BCUT2D eigenvalue weighted by atomic mass is 9.73. The SMILES string of the molecule is O=C(O)C1C/C(=N/O)c2cccc3c2C1c1ccccc1-3. The van der Waals surface area contributed by atoms with Crippen LogP contribution in [-0.2, 0) is 4.79 Å². The van der Waals surface area contributed by atoms with Crippen LogP contribution in [0.2, 0.25) is 0 Å². The molecule has 0 heterocycles. The molecule has 4 rings (SSSR count). The quantitative estimate of drug-likeness (QED) is 0.622. The molecular formula is C17H13NO3. The minimum Gasteiger partial charge on any atom is -0.481 e. The van der Waals surface area contributed by atoms with Crippen LogP contribution in [0.15, 0.2) is 47.6 Å². The molecule has 2 aliphatic rings. The first kappa shape index (κ1) is 12.1. The summed E-state index contributed by atoms with van der Waals surface area (Å²) in [7, 11) is 0. The molecule has 0 amide bonds. The van der Waals surface area contributed by atoms with Gasteiger partial charge in [0.1, 0.15) is 0 Å². The average molecular weight is 279 g/mol. The average Bonchev–Trinajstić information content (AvgIpc) is 2.85. The second-order valence-corrected chi connectivity index (χ2v) is 5.53. The minimum absolute atomic E-state index is 0.157. The van der Waals surface area contributed by atoms with Crippen LogP contribution in [0.25, 0.3) is 11.1 Å². The van der Waals surface area contributed by atoms with Crippen LogP contribution in [0.4, 0.5) is 0 Å². The van der Waals surface area contributed by atoms with E-state index in [1.54, 1.807) is 0 Å². The number of fused-ring (bicyclic) bond motifs is 3. The molecule has 21 heavy (non-hydrogen) atoms. The molecule has 2 unspecified atom stereocenters. The largest absolute Gasteiger partial charge is 0.481 e. The van der Waals surface area contributed by atoms with Gasteiger partial charge in [0, 0.05) is 17.9 Å². The van der Waals surface area contributed by atoms with Crippen molar-refractivity contribution in [3.05, 3.63) is 59.2 Å². The Morgan fingerprint density at radius 1 is 1.05 bits per heavy atom. The van der Waals surface area contributed by atoms with Crippen molar-refractivity contribution < 1.29 is 15.1 Å². The highest BCUT2D eigenvalue weighted by Gasteiger charge is 2.44. The van der Waals surface area contributed by atoms with Crippen LogP contribution in [0.3, 0.4) is 0 Å². The zero-order valence-electron chi connectivity index (χ0n) is 11.2. The molecule has 0 saturated heterocycles. The highest BCUT2D eigenvalue weighted by molar-refractivity contribution is 6.08. The summed E-state index contributed by atoms with van der Waals surface area (Å²) in [5, 5.41) is 22.2. The second-order valence-electron chi connectivity index (χ2n) is 5.53. The molecule has 0 aromatic heterocycles. The predicted molar refractivity (Wildman–Crippen MR) is 77.8 cm³/mol. The summed E-state index contributed by atoms with van der Waals surface area (Å²) < 4.78 is 0. The highest BCUT2D eigenvalue weighted by Crippen LogP contribution is 2.53. The van der Waals surface area contributed by atoms with Gasteiger partial charge in [0.15, 0.2) is 0 Å². The van der Waals surface area contributed by atoms with Crippen molar-refractivity contribution >= 4 is 11.7 Å². The normalized spacial score (nSPS) is 23.7. The number of oxime groups is 1. The topological polar surface area (TPSA) is 69.9 Å². The number of carboxylic acids is 1. The lowest BCUT2D eigenvalue weighted by molar-refractivity contribution is -0.142. The van der Waals surface area contributed by atoms with Gasteiger partial charge in [0.25, 0.3) is 0 Å². The molecule has 0 radical (unpaired) electrons. The molecule has 2 aromatic rings. The smallest absolute Gasteiger partial charge is 0.307 e. The maximum Gasteiger partial charge on any atom is 0.307 e. The van der Waals surface area contributed by atoms with E-state index in [4.69, 9.17) is 0 Å². The van der Waals surface area contributed by atoms with Gasteiger partial charge >= 0.3 is 5.97 Å². The molecule has 0 spiro atoms. The third kappa shape index (κ3) is 1.50. The third-order valence-corrected chi connectivity index (χ3v) is 4.57. The van der Waals surface area contributed by atoms with Crippen molar-refractivity contribution in [1.29, 1.82) is 0 Å². The first-order chi connectivity index (χ1) is 10.2. The van der Waals surface area contributed by atoms with E-state index in [0.717, 1.165) is 27.8 Å². The summed E-state index contributed by atoms with van der Waals surface area (Å²) >= 11 is 0. The fraction of sp³-hybridized carbons (Fsp3) is 0.176. The van der Waals surface area contributed by atoms with Crippen molar-refractivity contribution in [3.8, 4) is 11.1 Å². The minimum atomic E-state index is -0.849. The zero-order chi connectivity index (χ0) is 14.6. The summed E-state index contributed by atoms with van der Waals surface area (Å²) in [4.78, 5) is 11.7. The molecule has 2 aliphatic carbocycles. The summed E-state index contributed by atoms with van der Waals surface area (Å²) in [6.07, 6.45) is 0.251. The first-order valence-corrected chi connectivity index (χ1v) is 6.88. The van der Waals surface area contributed by atoms with Crippen LogP contribution in [0.1, 0.15) is 29.0 Å². The Hall–Kier alpha value is -2.62. The molecule has 4 nitrogen and oxygen atoms in total. The molecule has 2 aromatic carbocycles. The summed E-state index contributed by atoms with van der Waals surface area (Å²) in [5.74, 6) is -1.60. The number of rotatable bonds is 1. The van der Waals surface area contributed by atoms with Crippen molar-refractivity contribution in [2.45, 2.75) is 12.3 Å². The Morgan fingerprint density at radius 3 is 2.52 bits per heavy atom. The van der Waals surface area contributed by atoms with Crippen LogP contribution in [-0.4, -0.2) is 22.0 Å². The second kappa shape index (κ2) is 4.19. The summed E-state index contributed by atoms with van der Waals surface area (Å²) in [6, 6.07) is 13.8. The third-order valence-electron chi connectivity index (χ3n) is 4.57. The number of hydrogen-bond acceptors (Lipinski definition) is 3. The number of aliphatic carboxylic acids is 1. The number of carbonyl (C=O) groups is 1. The number of carboxylic acid groups (broad SMARTS) is 1. The van der Waals surface area contributed by atoms with Gasteiger partial charge in [-0.05, 0) is 22.3 Å². The Bertz CT molecular complexity index is 794.